The molecule has 2 fully saturated rings. The molecule has 1 aromatic carbocycles. The first-order chi connectivity index (χ1) is 9.59. The first kappa shape index (κ1) is 13.5. The van der Waals surface area contributed by atoms with Crippen LogP contribution in [0.4, 0.5) is 10.5 Å². The zero-order chi connectivity index (χ0) is 14.3. The van der Waals surface area contributed by atoms with Crippen LogP contribution in [0.15, 0.2) is 30.3 Å². The average molecular weight is 272 g/mol. The van der Waals surface area contributed by atoms with Crippen molar-refractivity contribution in [3.05, 3.63) is 30.3 Å². The van der Waals surface area contributed by atoms with E-state index in [2.05, 4.69) is 37.8 Å². The number of hydrogen-bond donors (Lipinski definition) is 0. The monoisotopic (exact) mass is 272 g/mol. The van der Waals surface area contributed by atoms with Gasteiger partial charge in [0.05, 0.1) is 12.1 Å². The van der Waals surface area contributed by atoms with Gasteiger partial charge < -0.3 is 4.90 Å². The van der Waals surface area contributed by atoms with E-state index >= 15 is 0 Å². The quantitative estimate of drug-likeness (QED) is 0.822. The van der Waals surface area contributed by atoms with Gasteiger partial charge in [-0.3, -0.25) is 4.90 Å². The molecule has 3 nitrogen and oxygen atoms in total. The van der Waals surface area contributed by atoms with Gasteiger partial charge in [0, 0.05) is 12.2 Å². The van der Waals surface area contributed by atoms with Crippen molar-refractivity contribution in [2.45, 2.75) is 45.7 Å². The third kappa shape index (κ3) is 2.09. The van der Waals surface area contributed by atoms with E-state index in [9.17, 15) is 4.79 Å². The second kappa shape index (κ2) is 5.12. The number of carbonyl (C=O) groups excluding carboxylic acids is 1. The van der Waals surface area contributed by atoms with Crippen LogP contribution in [0.3, 0.4) is 0 Å². The molecule has 3 rings (SSSR count). The maximum absolute atomic E-state index is 12.9. The number of urea groups is 1. The van der Waals surface area contributed by atoms with Gasteiger partial charge in [-0.25, -0.2) is 4.79 Å². The molecule has 1 aromatic rings. The van der Waals surface area contributed by atoms with Gasteiger partial charge in [-0.2, -0.15) is 0 Å². The molecule has 0 radical (unpaired) electrons. The van der Waals surface area contributed by atoms with Crippen LogP contribution in [0.25, 0.3) is 0 Å². The highest BCUT2D eigenvalue weighted by molar-refractivity contribution is 5.95. The number of fused-ring (bicyclic) bond motifs is 1. The van der Waals surface area contributed by atoms with Crippen molar-refractivity contribution >= 4 is 11.7 Å². The molecule has 0 bridgehead atoms. The number of anilines is 1. The smallest absolute Gasteiger partial charge is 0.319 e. The third-order valence-corrected chi connectivity index (χ3v) is 4.63. The van der Waals surface area contributed by atoms with Gasteiger partial charge in [0.1, 0.15) is 0 Å². The van der Waals surface area contributed by atoms with E-state index in [1.54, 1.807) is 0 Å². The van der Waals surface area contributed by atoms with Crippen LogP contribution >= 0.6 is 0 Å². The minimum Gasteiger partial charge on any atom is -0.319 e. The van der Waals surface area contributed by atoms with Gasteiger partial charge in [-0.1, -0.05) is 39.0 Å². The van der Waals surface area contributed by atoms with Crippen molar-refractivity contribution in [3.63, 3.8) is 0 Å². The fraction of sp³-hybridized carbons (Fsp3) is 0.588. The molecule has 3 heteroatoms. The Morgan fingerprint density at radius 2 is 1.90 bits per heavy atom. The molecule has 108 valence electrons. The van der Waals surface area contributed by atoms with Crippen LogP contribution < -0.4 is 4.90 Å². The predicted octanol–water partition coefficient (Wildman–Crippen LogP) is 3.75. The van der Waals surface area contributed by atoms with Gasteiger partial charge in [0.15, 0.2) is 0 Å². The minimum absolute atomic E-state index is 0.200. The summed E-state index contributed by atoms with van der Waals surface area (Å²) < 4.78 is 0. The number of nitrogens with zero attached hydrogens (tertiary/aromatic N) is 2. The molecule has 1 aliphatic carbocycles. The largest absolute Gasteiger partial charge is 0.325 e. The van der Waals surface area contributed by atoms with Gasteiger partial charge in [-0.15, -0.1) is 0 Å². The highest BCUT2D eigenvalue weighted by atomic mass is 16.2. The summed E-state index contributed by atoms with van der Waals surface area (Å²) in [5.41, 5.74) is 1.05. The van der Waals surface area contributed by atoms with E-state index in [1.807, 2.05) is 23.1 Å². The summed E-state index contributed by atoms with van der Waals surface area (Å²) in [5.74, 6) is 1.12. The molecule has 1 unspecified atom stereocenters. The summed E-state index contributed by atoms with van der Waals surface area (Å²) in [4.78, 5) is 17.0. The summed E-state index contributed by atoms with van der Waals surface area (Å²) in [7, 11) is 0. The predicted molar refractivity (Wildman–Crippen MR) is 81.8 cm³/mol. The molecule has 0 N–H and O–H groups in total. The topological polar surface area (TPSA) is 23.6 Å². The van der Waals surface area contributed by atoms with E-state index in [0.29, 0.717) is 23.9 Å². The lowest BCUT2D eigenvalue weighted by Gasteiger charge is -2.27. The first-order valence-electron chi connectivity index (χ1n) is 7.74. The summed E-state index contributed by atoms with van der Waals surface area (Å²) in [6, 6.07) is 11.1. The molecular weight excluding hydrogens is 248 g/mol. The van der Waals surface area contributed by atoms with Crippen molar-refractivity contribution in [3.8, 4) is 0 Å². The first-order valence-corrected chi connectivity index (χ1v) is 7.74. The van der Waals surface area contributed by atoms with Gasteiger partial charge in [0.2, 0.25) is 0 Å². The summed E-state index contributed by atoms with van der Waals surface area (Å²) >= 11 is 0. The molecular formula is C17H24N2O. The molecule has 1 saturated heterocycles. The molecule has 2 aliphatic rings. The second-order valence-corrected chi connectivity index (χ2v) is 6.65. The SMILES string of the molecule is CC(C)CN1C(=O)N(c2ccccc2)[C@H]2CC[C@H](C)C21. The zero-order valence-electron chi connectivity index (χ0n) is 12.6. The van der Waals surface area contributed by atoms with E-state index in [-0.39, 0.29) is 6.03 Å². The Hall–Kier alpha value is -1.51. The molecule has 3 atom stereocenters. The molecule has 20 heavy (non-hydrogen) atoms. The van der Waals surface area contributed by atoms with Gasteiger partial charge in [-0.05, 0) is 36.8 Å². The second-order valence-electron chi connectivity index (χ2n) is 6.65. The Bertz CT molecular complexity index is 485. The fourth-order valence-electron chi connectivity index (χ4n) is 3.84. The number of para-hydroxylation sites is 1. The number of rotatable bonds is 3. The van der Waals surface area contributed by atoms with E-state index in [0.717, 1.165) is 18.7 Å². The van der Waals surface area contributed by atoms with Crippen LogP contribution in [-0.4, -0.2) is 29.6 Å². The zero-order valence-corrected chi connectivity index (χ0v) is 12.6. The van der Waals surface area contributed by atoms with Crippen LogP contribution in [0.5, 0.6) is 0 Å². The van der Waals surface area contributed by atoms with Crippen molar-refractivity contribution in [2.75, 3.05) is 11.4 Å². The lowest BCUT2D eigenvalue weighted by Crippen LogP contribution is -2.40. The minimum atomic E-state index is 0.200. The van der Waals surface area contributed by atoms with Gasteiger partial charge >= 0.3 is 6.03 Å². The van der Waals surface area contributed by atoms with Crippen LogP contribution in [-0.2, 0) is 0 Å². The summed E-state index contributed by atoms with van der Waals surface area (Å²) in [5, 5.41) is 0. The number of carbonyl (C=O) groups is 1. The summed E-state index contributed by atoms with van der Waals surface area (Å²) in [6.07, 6.45) is 2.35. The van der Waals surface area contributed by atoms with Crippen molar-refractivity contribution in [1.82, 2.24) is 4.90 Å². The highest BCUT2D eigenvalue weighted by Crippen LogP contribution is 2.41. The Morgan fingerprint density at radius 1 is 1.20 bits per heavy atom. The highest BCUT2D eigenvalue weighted by Gasteiger charge is 2.51. The normalized spacial score (nSPS) is 29.4. The Labute approximate surface area is 121 Å². The van der Waals surface area contributed by atoms with E-state index < -0.39 is 0 Å². The summed E-state index contributed by atoms with van der Waals surface area (Å²) in [6.45, 7) is 7.54. The standard InChI is InChI=1S/C17H24N2O/c1-12(2)11-18-16-13(3)9-10-15(16)19(17(18)20)14-7-5-4-6-8-14/h4-8,12-13,15-16H,9-11H2,1-3H3/t13-,15-,16?/m0/s1. The Kier molecular flexibility index (Phi) is 3.45. The van der Waals surface area contributed by atoms with Gasteiger partial charge in [0.25, 0.3) is 0 Å². The van der Waals surface area contributed by atoms with Crippen LogP contribution in [0, 0.1) is 11.8 Å². The number of benzene rings is 1. The lowest BCUT2D eigenvalue weighted by molar-refractivity contribution is 0.181. The molecule has 1 aliphatic heterocycles. The molecule has 0 aromatic heterocycles. The van der Waals surface area contributed by atoms with Crippen LogP contribution in [0.2, 0.25) is 0 Å². The molecule has 1 saturated carbocycles. The maximum atomic E-state index is 12.9. The Morgan fingerprint density at radius 3 is 2.55 bits per heavy atom. The average Bonchev–Trinajstić information content (AvgIpc) is 2.91. The molecule has 1 heterocycles. The third-order valence-electron chi connectivity index (χ3n) is 4.63. The van der Waals surface area contributed by atoms with Crippen molar-refractivity contribution in [1.29, 1.82) is 0 Å². The fourth-order valence-corrected chi connectivity index (χ4v) is 3.84. The van der Waals surface area contributed by atoms with E-state index in [4.69, 9.17) is 0 Å². The Balaban J connectivity index is 1.94. The van der Waals surface area contributed by atoms with Crippen molar-refractivity contribution in [2.24, 2.45) is 11.8 Å². The molecule has 2 amide bonds. The van der Waals surface area contributed by atoms with Crippen molar-refractivity contribution < 1.29 is 4.79 Å². The van der Waals surface area contributed by atoms with E-state index in [1.165, 1.54) is 6.42 Å². The maximum Gasteiger partial charge on any atom is 0.325 e. The molecule has 0 spiro atoms. The van der Waals surface area contributed by atoms with Crippen LogP contribution in [0.1, 0.15) is 33.6 Å². The number of hydrogen-bond acceptors (Lipinski definition) is 1. The number of amides is 2. The lowest BCUT2D eigenvalue weighted by atomic mass is 10.0.